The van der Waals surface area contributed by atoms with Gasteiger partial charge in [-0.15, -0.1) is 0 Å². The number of nitrogens with two attached hydrogens (primary N) is 1. The van der Waals surface area contributed by atoms with Gasteiger partial charge in [0.15, 0.2) is 0 Å². The lowest BCUT2D eigenvalue weighted by molar-refractivity contribution is -0.123. The van der Waals surface area contributed by atoms with Crippen molar-refractivity contribution in [3.05, 3.63) is 24.3 Å². The molecule has 45 heavy (non-hydrogen) atoms. The Kier molecular flexibility index (Phi) is 32.2. The molecule has 0 rings (SSSR count). The predicted octanol–water partition coefficient (Wildman–Crippen LogP) is 9.44. The highest BCUT2D eigenvalue weighted by Gasteiger charge is 2.27. The molecule has 5 N–H and O–H groups in total. The highest BCUT2D eigenvalue weighted by Crippen LogP contribution is 2.43. The lowest BCUT2D eigenvalue weighted by Gasteiger charge is -2.25. The summed E-state index contributed by atoms with van der Waals surface area (Å²) in [6, 6.07) is -0.777. The van der Waals surface area contributed by atoms with E-state index in [0.717, 1.165) is 64.2 Å². The van der Waals surface area contributed by atoms with Crippen LogP contribution in [0.4, 0.5) is 0 Å². The number of hydrogen-bond acceptors (Lipinski definition) is 6. The first-order valence-electron chi connectivity index (χ1n) is 18.5. The average molecular weight is 659 g/mol. The zero-order chi connectivity index (χ0) is 33.3. The van der Waals surface area contributed by atoms with Crippen LogP contribution in [-0.2, 0) is 18.4 Å². The van der Waals surface area contributed by atoms with E-state index < -0.39 is 20.0 Å². The van der Waals surface area contributed by atoms with E-state index in [1.807, 2.05) is 0 Å². The maximum absolute atomic E-state index is 12.7. The summed E-state index contributed by atoms with van der Waals surface area (Å²) in [6.45, 7) is 4.13. The molecule has 0 aliphatic carbocycles. The Morgan fingerprint density at radius 2 is 1.24 bits per heavy atom. The van der Waals surface area contributed by atoms with Gasteiger partial charge >= 0.3 is 7.82 Å². The van der Waals surface area contributed by atoms with Gasteiger partial charge in [0.2, 0.25) is 5.91 Å². The number of aliphatic hydroxyl groups excluding tert-OH is 1. The minimum atomic E-state index is -4.31. The van der Waals surface area contributed by atoms with Crippen molar-refractivity contribution in [2.75, 3.05) is 19.8 Å². The summed E-state index contributed by atoms with van der Waals surface area (Å²) in [5.41, 5.74) is 5.35. The molecule has 0 aromatic heterocycles. The standard InChI is InChI=1S/C36H71N2O6P/c1-3-5-7-9-11-13-15-17-18-20-22-24-26-28-30-36(40)38-34(33-44-45(41,42)43-32-31-37)35(39)29-27-25-23-21-19-16-14-12-10-8-6-4-2/h9,11,15,17,34-35,39H,3-8,10,12-14,16,18-33,37H2,1-2H3,(H,38,40)(H,41,42)/b11-9-,17-15-. The molecule has 0 aliphatic rings. The molecule has 0 heterocycles. The SMILES string of the molecule is CCCC/C=C\C/C=C\CCCCCCCC(=O)NC(COP(=O)(O)OCCN)C(O)CCCCCCCCCCCCCC. The highest BCUT2D eigenvalue weighted by atomic mass is 31.2. The number of phosphoric ester groups is 1. The van der Waals surface area contributed by atoms with Crippen molar-refractivity contribution in [2.24, 2.45) is 5.73 Å². The van der Waals surface area contributed by atoms with Gasteiger partial charge < -0.3 is 21.1 Å². The number of phosphoric acid groups is 1. The molecule has 0 saturated heterocycles. The van der Waals surface area contributed by atoms with Crippen LogP contribution in [0.3, 0.4) is 0 Å². The highest BCUT2D eigenvalue weighted by molar-refractivity contribution is 7.47. The van der Waals surface area contributed by atoms with Crippen molar-refractivity contribution in [3.8, 4) is 0 Å². The van der Waals surface area contributed by atoms with Crippen molar-refractivity contribution in [1.29, 1.82) is 0 Å². The van der Waals surface area contributed by atoms with E-state index in [4.69, 9.17) is 14.8 Å². The van der Waals surface area contributed by atoms with E-state index in [1.54, 1.807) is 0 Å². The summed E-state index contributed by atoms with van der Waals surface area (Å²) < 4.78 is 22.0. The average Bonchev–Trinajstić information content (AvgIpc) is 3.02. The monoisotopic (exact) mass is 659 g/mol. The van der Waals surface area contributed by atoms with Crippen molar-refractivity contribution in [3.63, 3.8) is 0 Å². The fourth-order valence-corrected chi connectivity index (χ4v) is 5.97. The number of aliphatic hydroxyl groups is 1. The molecule has 0 aliphatic heterocycles. The van der Waals surface area contributed by atoms with Crippen LogP contribution in [0, 0.1) is 0 Å². The Labute approximate surface area is 277 Å². The number of carbonyl (C=O) groups excluding carboxylic acids is 1. The molecular formula is C36H71N2O6P. The van der Waals surface area contributed by atoms with Crippen LogP contribution in [0.1, 0.15) is 168 Å². The Hall–Kier alpha value is -1.02. The van der Waals surface area contributed by atoms with Gasteiger partial charge in [0.1, 0.15) is 0 Å². The van der Waals surface area contributed by atoms with E-state index in [1.165, 1.54) is 77.0 Å². The maximum atomic E-state index is 12.7. The zero-order valence-electron chi connectivity index (χ0n) is 29.1. The number of carbonyl (C=O) groups is 1. The summed E-state index contributed by atoms with van der Waals surface area (Å²) in [4.78, 5) is 22.6. The summed E-state index contributed by atoms with van der Waals surface area (Å²) in [6.07, 6.45) is 34.6. The molecular weight excluding hydrogens is 587 g/mol. The van der Waals surface area contributed by atoms with Crippen LogP contribution in [0.25, 0.3) is 0 Å². The zero-order valence-corrected chi connectivity index (χ0v) is 30.0. The van der Waals surface area contributed by atoms with Crippen LogP contribution >= 0.6 is 7.82 Å². The number of nitrogens with one attached hydrogen (secondary N) is 1. The first-order chi connectivity index (χ1) is 21.9. The maximum Gasteiger partial charge on any atom is 0.472 e. The summed E-state index contributed by atoms with van der Waals surface area (Å²) in [7, 11) is -4.31. The largest absolute Gasteiger partial charge is 0.472 e. The molecule has 8 nitrogen and oxygen atoms in total. The van der Waals surface area contributed by atoms with Gasteiger partial charge in [-0.3, -0.25) is 13.8 Å². The molecule has 0 saturated carbocycles. The lowest BCUT2D eigenvalue weighted by atomic mass is 10.0. The van der Waals surface area contributed by atoms with Gasteiger partial charge in [0, 0.05) is 13.0 Å². The third-order valence-electron chi connectivity index (χ3n) is 8.06. The van der Waals surface area contributed by atoms with Crippen molar-refractivity contribution in [2.45, 2.75) is 180 Å². The first kappa shape index (κ1) is 44.0. The molecule has 0 spiro atoms. The second-order valence-corrected chi connectivity index (χ2v) is 13.9. The van der Waals surface area contributed by atoms with Crippen LogP contribution in [0.2, 0.25) is 0 Å². The van der Waals surface area contributed by atoms with E-state index in [2.05, 4.69) is 43.5 Å². The minimum Gasteiger partial charge on any atom is -0.391 e. The smallest absolute Gasteiger partial charge is 0.391 e. The number of amides is 1. The van der Waals surface area contributed by atoms with Crippen LogP contribution < -0.4 is 11.1 Å². The van der Waals surface area contributed by atoms with Crippen LogP contribution in [-0.4, -0.2) is 47.8 Å². The van der Waals surface area contributed by atoms with Crippen molar-refractivity contribution in [1.82, 2.24) is 5.32 Å². The summed E-state index contributed by atoms with van der Waals surface area (Å²) >= 11 is 0. The number of unbranched alkanes of at least 4 members (excludes halogenated alkanes) is 18. The van der Waals surface area contributed by atoms with Crippen LogP contribution in [0.15, 0.2) is 24.3 Å². The normalized spacial score (nSPS) is 14.7. The number of rotatable bonds is 34. The third kappa shape index (κ3) is 31.4. The van der Waals surface area contributed by atoms with E-state index >= 15 is 0 Å². The second kappa shape index (κ2) is 32.9. The molecule has 0 radical (unpaired) electrons. The molecule has 0 aromatic rings. The fraction of sp³-hybridized carbons (Fsp3) is 0.861. The molecule has 1 amide bonds. The Balaban J connectivity index is 4.30. The van der Waals surface area contributed by atoms with E-state index in [9.17, 15) is 19.4 Å². The molecule has 3 unspecified atom stereocenters. The molecule has 9 heteroatoms. The summed E-state index contributed by atoms with van der Waals surface area (Å²) in [5.74, 6) is -0.178. The third-order valence-corrected chi connectivity index (χ3v) is 9.04. The number of allylic oxidation sites excluding steroid dienone is 4. The molecule has 0 aromatic carbocycles. The second-order valence-electron chi connectivity index (χ2n) is 12.4. The molecule has 3 atom stereocenters. The molecule has 0 fully saturated rings. The van der Waals surface area contributed by atoms with Gasteiger partial charge in [-0.1, -0.05) is 147 Å². The van der Waals surface area contributed by atoms with E-state index in [0.29, 0.717) is 12.8 Å². The van der Waals surface area contributed by atoms with Crippen molar-refractivity contribution < 1.29 is 28.4 Å². The number of hydrogen-bond donors (Lipinski definition) is 4. The van der Waals surface area contributed by atoms with Gasteiger partial charge in [0.05, 0.1) is 25.4 Å². The Morgan fingerprint density at radius 3 is 1.82 bits per heavy atom. The fourth-order valence-electron chi connectivity index (χ4n) is 5.21. The first-order valence-corrected chi connectivity index (χ1v) is 19.9. The molecule has 266 valence electrons. The lowest BCUT2D eigenvalue weighted by Crippen LogP contribution is -2.46. The van der Waals surface area contributed by atoms with Gasteiger partial charge in [-0.25, -0.2) is 4.57 Å². The topological polar surface area (TPSA) is 131 Å². The van der Waals surface area contributed by atoms with Crippen LogP contribution in [0.5, 0.6) is 0 Å². The predicted molar refractivity (Wildman–Crippen MR) is 189 cm³/mol. The molecule has 0 bridgehead atoms. The Morgan fingerprint density at radius 1 is 0.733 bits per heavy atom. The summed E-state index contributed by atoms with van der Waals surface area (Å²) in [5, 5.41) is 13.7. The van der Waals surface area contributed by atoms with Gasteiger partial charge in [-0.05, 0) is 38.5 Å². The minimum absolute atomic E-state index is 0.0865. The quantitative estimate of drug-likeness (QED) is 0.0308. The van der Waals surface area contributed by atoms with E-state index in [-0.39, 0.29) is 25.7 Å². The van der Waals surface area contributed by atoms with Crippen molar-refractivity contribution >= 4 is 13.7 Å². The van der Waals surface area contributed by atoms with Gasteiger partial charge in [-0.2, -0.15) is 0 Å². The Bertz CT molecular complexity index is 764. The van der Waals surface area contributed by atoms with Gasteiger partial charge in [0.25, 0.3) is 0 Å².